The van der Waals surface area contributed by atoms with Gasteiger partial charge in [0, 0.05) is 21.3 Å². The molecule has 3 aromatic carbocycles. The first-order chi connectivity index (χ1) is 11.7. The Labute approximate surface area is 148 Å². The van der Waals surface area contributed by atoms with Gasteiger partial charge in [0.15, 0.2) is 0 Å². The lowest BCUT2D eigenvalue weighted by atomic mass is 9.95. The SMILES string of the molecule is N#Cc1ccccc1-c1ccccc1C(=O)Nc1cccc(Br)c1. The monoisotopic (exact) mass is 376 g/mol. The van der Waals surface area contributed by atoms with E-state index in [0.717, 1.165) is 15.6 Å². The standard InChI is InChI=1S/C20H13BrN2O/c21-15-7-5-8-16(12-15)23-20(24)19-11-4-3-10-18(19)17-9-2-1-6-14(17)13-22/h1-12H,(H,23,24). The molecule has 0 heterocycles. The van der Waals surface area contributed by atoms with Crippen molar-refractivity contribution in [2.75, 3.05) is 5.32 Å². The fourth-order valence-electron chi connectivity index (χ4n) is 2.50. The molecule has 0 spiro atoms. The van der Waals surface area contributed by atoms with Crippen LogP contribution in [-0.2, 0) is 0 Å². The molecule has 116 valence electrons. The first-order valence-electron chi connectivity index (χ1n) is 7.34. The number of carbonyl (C=O) groups is 1. The van der Waals surface area contributed by atoms with E-state index in [2.05, 4.69) is 27.3 Å². The molecule has 0 radical (unpaired) electrons. The molecule has 0 aliphatic heterocycles. The first-order valence-corrected chi connectivity index (χ1v) is 8.14. The largest absolute Gasteiger partial charge is 0.322 e. The Kier molecular flexibility index (Phi) is 4.74. The van der Waals surface area contributed by atoms with Gasteiger partial charge in [-0.15, -0.1) is 0 Å². The van der Waals surface area contributed by atoms with Crippen molar-refractivity contribution in [2.45, 2.75) is 0 Å². The van der Waals surface area contributed by atoms with E-state index in [0.29, 0.717) is 16.8 Å². The van der Waals surface area contributed by atoms with Gasteiger partial charge in [-0.05, 0) is 35.9 Å². The fraction of sp³-hybridized carbons (Fsp3) is 0. The maximum absolute atomic E-state index is 12.7. The third kappa shape index (κ3) is 3.37. The van der Waals surface area contributed by atoms with Crippen LogP contribution in [0.4, 0.5) is 5.69 Å². The molecular formula is C20H13BrN2O. The van der Waals surface area contributed by atoms with Crippen LogP contribution in [0.1, 0.15) is 15.9 Å². The highest BCUT2D eigenvalue weighted by molar-refractivity contribution is 9.10. The van der Waals surface area contributed by atoms with Crippen molar-refractivity contribution in [3.05, 3.63) is 88.4 Å². The minimum atomic E-state index is -0.212. The zero-order valence-electron chi connectivity index (χ0n) is 12.7. The molecule has 0 bridgehead atoms. The highest BCUT2D eigenvalue weighted by atomic mass is 79.9. The van der Waals surface area contributed by atoms with Crippen molar-refractivity contribution in [1.82, 2.24) is 0 Å². The van der Waals surface area contributed by atoms with Gasteiger partial charge in [-0.1, -0.05) is 58.4 Å². The molecule has 0 unspecified atom stereocenters. The average Bonchev–Trinajstić information content (AvgIpc) is 2.61. The van der Waals surface area contributed by atoms with Crippen LogP contribution in [0.15, 0.2) is 77.3 Å². The third-order valence-corrected chi connectivity index (χ3v) is 4.09. The van der Waals surface area contributed by atoms with Crippen molar-refractivity contribution in [3.8, 4) is 17.2 Å². The summed E-state index contributed by atoms with van der Waals surface area (Å²) in [6, 6.07) is 24.2. The zero-order chi connectivity index (χ0) is 16.9. The van der Waals surface area contributed by atoms with Gasteiger partial charge >= 0.3 is 0 Å². The summed E-state index contributed by atoms with van der Waals surface area (Å²) in [4.78, 5) is 12.7. The van der Waals surface area contributed by atoms with Crippen molar-refractivity contribution < 1.29 is 4.79 Å². The van der Waals surface area contributed by atoms with Gasteiger partial charge in [0.05, 0.1) is 11.6 Å². The zero-order valence-corrected chi connectivity index (χ0v) is 14.2. The van der Waals surface area contributed by atoms with Crippen LogP contribution in [0.25, 0.3) is 11.1 Å². The Morgan fingerprint density at radius 2 is 1.62 bits per heavy atom. The van der Waals surface area contributed by atoms with E-state index in [4.69, 9.17) is 0 Å². The molecular weight excluding hydrogens is 364 g/mol. The summed E-state index contributed by atoms with van der Waals surface area (Å²) in [7, 11) is 0. The summed E-state index contributed by atoms with van der Waals surface area (Å²) >= 11 is 3.39. The molecule has 3 aromatic rings. The van der Waals surface area contributed by atoms with Gasteiger partial charge in [-0.25, -0.2) is 0 Å². The van der Waals surface area contributed by atoms with E-state index >= 15 is 0 Å². The molecule has 0 fully saturated rings. The molecule has 1 amide bonds. The van der Waals surface area contributed by atoms with Crippen LogP contribution in [-0.4, -0.2) is 5.91 Å². The smallest absolute Gasteiger partial charge is 0.256 e. The van der Waals surface area contributed by atoms with Crippen LogP contribution in [0, 0.1) is 11.3 Å². The highest BCUT2D eigenvalue weighted by Crippen LogP contribution is 2.27. The quantitative estimate of drug-likeness (QED) is 0.679. The van der Waals surface area contributed by atoms with Crippen molar-refractivity contribution in [3.63, 3.8) is 0 Å². The van der Waals surface area contributed by atoms with E-state index in [1.165, 1.54) is 0 Å². The average molecular weight is 377 g/mol. The molecule has 4 heteroatoms. The summed E-state index contributed by atoms with van der Waals surface area (Å²) < 4.78 is 0.892. The molecule has 0 saturated heterocycles. The second-order valence-corrected chi connectivity index (χ2v) is 6.08. The third-order valence-electron chi connectivity index (χ3n) is 3.59. The summed E-state index contributed by atoms with van der Waals surface area (Å²) in [5.74, 6) is -0.212. The van der Waals surface area contributed by atoms with Crippen LogP contribution in [0.3, 0.4) is 0 Å². The van der Waals surface area contributed by atoms with Gasteiger partial charge in [-0.3, -0.25) is 4.79 Å². The minimum Gasteiger partial charge on any atom is -0.322 e. The summed E-state index contributed by atoms with van der Waals surface area (Å²) in [5, 5.41) is 12.2. The van der Waals surface area contributed by atoms with Gasteiger partial charge in [0.1, 0.15) is 0 Å². The number of hydrogen-bond acceptors (Lipinski definition) is 2. The molecule has 24 heavy (non-hydrogen) atoms. The molecule has 0 saturated carbocycles. The topological polar surface area (TPSA) is 52.9 Å². The van der Waals surface area contributed by atoms with Crippen LogP contribution >= 0.6 is 15.9 Å². The van der Waals surface area contributed by atoms with Crippen LogP contribution < -0.4 is 5.32 Å². The lowest BCUT2D eigenvalue weighted by Gasteiger charge is -2.11. The predicted molar refractivity (Wildman–Crippen MR) is 98.7 cm³/mol. The van der Waals surface area contributed by atoms with Crippen LogP contribution in [0.5, 0.6) is 0 Å². The molecule has 0 aromatic heterocycles. The molecule has 0 atom stereocenters. The maximum Gasteiger partial charge on any atom is 0.256 e. The van der Waals surface area contributed by atoms with E-state index < -0.39 is 0 Å². The number of nitrogens with one attached hydrogen (secondary N) is 1. The van der Waals surface area contributed by atoms with E-state index in [-0.39, 0.29) is 5.91 Å². The number of amides is 1. The summed E-state index contributed by atoms with van der Waals surface area (Å²) in [5.41, 5.74) is 3.26. The Bertz CT molecular complexity index is 944. The van der Waals surface area contributed by atoms with Crippen molar-refractivity contribution in [2.24, 2.45) is 0 Å². The van der Waals surface area contributed by atoms with Gasteiger partial charge < -0.3 is 5.32 Å². The highest BCUT2D eigenvalue weighted by Gasteiger charge is 2.14. The Hall–Kier alpha value is -2.90. The normalized spacial score (nSPS) is 10.0. The van der Waals surface area contributed by atoms with Gasteiger partial charge in [0.2, 0.25) is 0 Å². The Morgan fingerprint density at radius 1 is 0.917 bits per heavy atom. The minimum absolute atomic E-state index is 0.212. The molecule has 3 rings (SSSR count). The number of benzene rings is 3. The predicted octanol–water partition coefficient (Wildman–Crippen LogP) is 5.24. The maximum atomic E-state index is 12.7. The van der Waals surface area contributed by atoms with Crippen molar-refractivity contribution >= 4 is 27.5 Å². The number of nitrogens with zero attached hydrogens (tertiary/aromatic N) is 1. The van der Waals surface area contributed by atoms with Gasteiger partial charge in [0.25, 0.3) is 5.91 Å². The number of rotatable bonds is 3. The number of anilines is 1. The Balaban J connectivity index is 2.01. The number of carbonyl (C=O) groups excluding carboxylic acids is 1. The van der Waals surface area contributed by atoms with E-state index in [1.54, 1.807) is 12.1 Å². The van der Waals surface area contributed by atoms with E-state index in [1.807, 2.05) is 60.7 Å². The van der Waals surface area contributed by atoms with Crippen molar-refractivity contribution in [1.29, 1.82) is 5.26 Å². The summed E-state index contributed by atoms with van der Waals surface area (Å²) in [6.07, 6.45) is 0. The molecule has 0 aliphatic rings. The molecule has 1 N–H and O–H groups in total. The number of nitriles is 1. The molecule has 3 nitrogen and oxygen atoms in total. The lowest BCUT2D eigenvalue weighted by Crippen LogP contribution is -2.13. The fourth-order valence-corrected chi connectivity index (χ4v) is 2.90. The Morgan fingerprint density at radius 3 is 2.38 bits per heavy atom. The summed E-state index contributed by atoms with van der Waals surface area (Å²) in [6.45, 7) is 0. The van der Waals surface area contributed by atoms with E-state index in [9.17, 15) is 10.1 Å². The number of halogens is 1. The second kappa shape index (κ2) is 7.12. The second-order valence-electron chi connectivity index (χ2n) is 5.17. The van der Waals surface area contributed by atoms with Crippen LogP contribution in [0.2, 0.25) is 0 Å². The first kappa shape index (κ1) is 16.0. The lowest BCUT2D eigenvalue weighted by molar-refractivity contribution is 0.102. The number of hydrogen-bond donors (Lipinski definition) is 1. The van der Waals surface area contributed by atoms with Gasteiger partial charge in [-0.2, -0.15) is 5.26 Å². The molecule has 0 aliphatic carbocycles.